The van der Waals surface area contributed by atoms with E-state index in [2.05, 4.69) is 47.0 Å². The average molecular weight is 910 g/mol. The second-order valence-corrected chi connectivity index (χ2v) is 19.0. The van der Waals surface area contributed by atoms with Gasteiger partial charge in [-0.05, 0) is 100 Å². The normalized spacial score (nSPS) is 23.2. The lowest BCUT2D eigenvalue weighted by Gasteiger charge is -2.44. The van der Waals surface area contributed by atoms with Gasteiger partial charge in [-0.15, -0.1) is 0 Å². The third-order valence-electron chi connectivity index (χ3n) is 14.8. The number of nitrogens with one attached hydrogen (secondary N) is 2. The standard InChI is InChI=1S/C48H58F3N11O4/c1-31-27-57(23-24-61(31)29-33-13-19-60(20-14-33)43-9-5-37-40(54-43)30-62(47(37)66)41-7-10-44(63)56-46(41)65)28-32-11-17-59(18-12-32)36-4-8-42(53-26-36)55-45(64)34-15-21-58(22-16-34)35-3-6-39(52-2)38(25-35)48(49,50)51/h3-6,8-9,25-26,31-34,41H,7,10-24,27-30H2,1H3,(H,53,55,64)(H,56,63,65)/t31-,41?/m0/s1. The number of nitrogens with zero attached hydrogens (tertiary/aromatic N) is 9. The minimum Gasteiger partial charge on any atom is -0.372 e. The molecule has 66 heavy (non-hydrogen) atoms. The molecule has 5 saturated heterocycles. The van der Waals surface area contributed by atoms with Gasteiger partial charge >= 0.3 is 6.18 Å². The van der Waals surface area contributed by atoms with E-state index >= 15 is 0 Å². The van der Waals surface area contributed by atoms with Crippen molar-refractivity contribution < 1.29 is 32.3 Å². The molecule has 8 heterocycles. The number of pyridine rings is 2. The van der Waals surface area contributed by atoms with Crippen LogP contribution in [-0.4, -0.2) is 132 Å². The maximum Gasteiger partial charge on any atom is 0.407 e. The first-order valence-electron chi connectivity index (χ1n) is 23.5. The molecule has 6 aliphatic heterocycles. The van der Waals surface area contributed by atoms with E-state index in [-0.39, 0.29) is 36.6 Å². The minimum atomic E-state index is -4.61. The second-order valence-electron chi connectivity index (χ2n) is 19.0. The lowest BCUT2D eigenvalue weighted by atomic mass is 9.94. The number of piperidine rings is 4. The van der Waals surface area contributed by atoms with Gasteiger partial charge < -0.3 is 29.8 Å². The van der Waals surface area contributed by atoms with Crippen LogP contribution < -0.4 is 25.3 Å². The number of rotatable bonds is 10. The molecule has 4 amide bonds. The number of alkyl halides is 3. The summed E-state index contributed by atoms with van der Waals surface area (Å²) in [5.41, 5.74) is 1.33. The van der Waals surface area contributed by atoms with E-state index in [1.165, 1.54) is 6.07 Å². The smallest absolute Gasteiger partial charge is 0.372 e. The van der Waals surface area contributed by atoms with Crippen LogP contribution >= 0.6 is 0 Å². The van der Waals surface area contributed by atoms with Crippen molar-refractivity contribution in [3.8, 4) is 0 Å². The molecule has 18 heteroatoms. The summed E-state index contributed by atoms with van der Waals surface area (Å²) in [6.45, 7) is 19.8. The Bertz CT molecular complexity index is 2330. The number of benzene rings is 1. The zero-order valence-corrected chi connectivity index (χ0v) is 37.4. The van der Waals surface area contributed by atoms with Gasteiger partial charge in [0, 0.05) is 96.1 Å². The molecule has 0 saturated carbocycles. The third-order valence-corrected chi connectivity index (χ3v) is 14.8. The molecule has 0 aliphatic carbocycles. The number of halogens is 3. The van der Waals surface area contributed by atoms with E-state index in [9.17, 15) is 32.3 Å². The van der Waals surface area contributed by atoms with Crippen molar-refractivity contribution in [2.75, 3.05) is 92.0 Å². The van der Waals surface area contributed by atoms with E-state index in [0.29, 0.717) is 73.0 Å². The summed E-state index contributed by atoms with van der Waals surface area (Å²) in [5.74, 6) is 1.30. The number of hydrogen-bond donors (Lipinski definition) is 2. The maximum atomic E-state index is 13.5. The van der Waals surface area contributed by atoms with Gasteiger partial charge in [0.05, 0.1) is 41.8 Å². The number of fused-ring (bicyclic) bond motifs is 1. The molecule has 6 aliphatic rings. The Labute approximate surface area is 383 Å². The van der Waals surface area contributed by atoms with Crippen LogP contribution in [0, 0.1) is 24.3 Å². The molecular formula is C48H58F3N11O4. The first kappa shape index (κ1) is 45.4. The topological polar surface area (TPSA) is 142 Å². The fourth-order valence-electron chi connectivity index (χ4n) is 10.8. The zero-order valence-electron chi connectivity index (χ0n) is 37.4. The molecule has 15 nitrogen and oxygen atoms in total. The Balaban J connectivity index is 0.666. The van der Waals surface area contributed by atoms with E-state index < -0.39 is 29.4 Å². The van der Waals surface area contributed by atoms with Crippen molar-refractivity contribution in [3.05, 3.63) is 76.9 Å². The van der Waals surface area contributed by atoms with E-state index in [4.69, 9.17) is 11.6 Å². The Morgan fingerprint density at radius 2 is 1.52 bits per heavy atom. The summed E-state index contributed by atoms with van der Waals surface area (Å²) in [6, 6.07) is 11.3. The minimum absolute atomic E-state index is 0.138. The molecule has 2 N–H and O–H groups in total. The van der Waals surface area contributed by atoms with Crippen LogP contribution in [0.2, 0.25) is 0 Å². The lowest BCUT2D eigenvalue weighted by molar-refractivity contribution is -0.138. The Morgan fingerprint density at radius 1 is 0.833 bits per heavy atom. The average Bonchev–Trinajstić information content (AvgIpc) is 3.64. The fourth-order valence-corrected chi connectivity index (χ4v) is 10.8. The number of anilines is 4. The second kappa shape index (κ2) is 19.2. The molecule has 350 valence electrons. The van der Waals surface area contributed by atoms with Crippen LogP contribution in [-0.2, 0) is 27.1 Å². The molecule has 3 aromatic rings. The van der Waals surface area contributed by atoms with Crippen LogP contribution in [0.15, 0.2) is 48.7 Å². The SMILES string of the molecule is [C-]#[N+]c1ccc(N2CCC(C(=O)Nc3ccc(N4CCC(CN5CCN(CC6CCN(c7ccc8c(n7)CN(C7CCC(=O)NC7=O)C8=O)CC6)[C@@H](C)C5)CC4)cn3)CC2)cc1C(F)(F)F. The van der Waals surface area contributed by atoms with Crippen LogP contribution in [0.25, 0.3) is 4.85 Å². The quantitative estimate of drug-likeness (QED) is 0.188. The number of hydrogen-bond acceptors (Lipinski definition) is 11. The number of amides is 4. The Kier molecular flexibility index (Phi) is 13.2. The van der Waals surface area contributed by atoms with Crippen LogP contribution in [0.1, 0.15) is 79.9 Å². The molecule has 0 bridgehead atoms. The van der Waals surface area contributed by atoms with Gasteiger partial charge in [0.2, 0.25) is 17.7 Å². The summed E-state index contributed by atoms with van der Waals surface area (Å²) in [4.78, 5) is 76.2. The van der Waals surface area contributed by atoms with Crippen LogP contribution in [0.5, 0.6) is 0 Å². The molecule has 2 atom stereocenters. The van der Waals surface area contributed by atoms with E-state index in [1.54, 1.807) is 11.0 Å². The van der Waals surface area contributed by atoms with E-state index in [0.717, 1.165) is 102 Å². The van der Waals surface area contributed by atoms with Crippen molar-refractivity contribution in [1.29, 1.82) is 0 Å². The lowest BCUT2D eigenvalue weighted by Crippen LogP contribution is -2.54. The number of aromatic nitrogens is 2. The molecule has 0 spiro atoms. The van der Waals surface area contributed by atoms with Crippen molar-refractivity contribution in [1.82, 2.24) is 30.0 Å². The summed E-state index contributed by atoms with van der Waals surface area (Å²) in [5, 5.41) is 5.30. The number of carbonyl (C=O) groups is 4. The predicted octanol–water partition coefficient (Wildman–Crippen LogP) is 5.80. The van der Waals surface area contributed by atoms with Crippen LogP contribution in [0.4, 0.5) is 41.9 Å². The Morgan fingerprint density at radius 3 is 2.18 bits per heavy atom. The monoisotopic (exact) mass is 909 g/mol. The van der Waals surface area contributed by atoms with Crippen molar-refractivity contribution in [2.45, 2.75) is 83.1 Å². The number of piperazine rings is 1. The van der Waals surface area contributed by atoms with Gasteiger partial charge in [-0.1, -0.05) is 6.07 Å². The van der Waals surface area contributed by atoms with Gasteiger partial charge in [-0.25, -0.2) is 14.8 Å². The first-order valence-corrected chi connectivity index (χ1v) is 23.5. The highest BCUT2D eigenvalue weighted by Gasteiger charge is 2.41. The van der Waals surface area contributed by atoms with Crippen LogP contribution in [0.3, 0.4) is 0 Å². The largest absolute Gasteiger partial charge is 0.407 e. The van der Waals surface area contributed by atoms with Crippen molar-refractivity contribution in [3.63, 3.8) is 0 Å². The van der Waals surface area contributed by atoms with Gasteiger partial charge in [0.25, 0.3) is 5.91 Å². The third kappa shape index (κ3) is 9.97. The fraction of sp³-hybridized carbons (Fsp3) is 0.562. The predicted molar refractivity (Wildman–Crippen MR) is 243 cm³/mol. The van der Waals surface area contributed by atoms with Crippen molar-refractivity contribution in [2.24, 2.45) is 17.8 Å². The summed E-state index contributed by atoms with van der Waals surface area (Å²) < 4.78 is 40.5. The highest BCUT2D eigenvalue weighted by molar-refractivity contribution is 6.05. The zero-order chi connectivity index (χ0) is 46.1. The molecular weight excluding hydrogens is 852 g/mol. The molecule has 5 fully saturated rings. The summed E-state index contributed by atoms with van der Waals surface area (Å²) in [6.07, 6.45) is 3.17. The van der Waals surface area contributed by atoms with Gasteiger partial charge in [0.15, 0.2) is 5.69 Å². The van der Waals surface area contributed by atoms with Gasteiger partial charge in [-0.3, -0.25) is 29.4 Å². The summed E-state index contributed by atoms with van der Waals surface area (Å²) in [7, 11) is 0. The maximum absolute atomic E-state index is 13.5. The van der Waals surface area contributed by atoms with Gasteiger partial charge in [0.1, 0.15) is 17.7 Å². The highest BCUT2D eigenvalue weighted by Crippen LogP contribution is 2.40. The van der Waals surface area contributed by atoms with Crippen molar-refractivity contribution >= 4 is 52.3 Å². The molecule has 1 aromatic carbocycles. The Hall–Kier alpha value is -5.80. The van der Waals surface area contributed by atoms with E-state index in [1.807, 2.05) is 35.4 Å². The molecule has 1 unspecified atom stereocenters. The number of imide groups is 1. The molecule has 0 radical (unpaired) electrons. The number of carbonyl (C=O) groups excluding carboxylic acids is 4. The van der Waals surface area contributed by atoms with Gasteiger partial charge in [-0.2, -0.15) is 13.2 Å². The molecule has 2 aromatic heterocycles. The molecule has 9 rings (SSSR count). The first-order chi connectivity index (χ1) is 31.8. The highest BCUT2D eigenvalue weighted by atomic mass is 19.4. The summed E-state index contributed by atoms with van der Waals surface area (Å²) >= 11 is 0.